The van der Waals surface area contributed by atoms with Crippen molar-refractivity contribution in [2.75, 3.05) is 6.54 Å². The van der Waals surface area contributed by atoms with Crippen molar-refractivity contribution in [3.8, 4) is 0 Å². The van der Waals surface area contributed by atoms with Gasteiger partial charge < -0.3 is 15.1 Å². The number of carboxylic acids is 1. The van der Waals surface area contributed by atoms with Crippen LogP contribution < -0.4 is 0 Å². The molecule has 0 aromatic rings. The Morgan fingerprint density at radius 3 is 2.00 bits per heavy atom. The quantitative estimate of drug-likeness (QED) is 0.647. The summed E-state index contributed by atoms with van der Waals surface area (Å²) in [6, 6.07) is -0.0608. The van der Waals surface area contributed by atoms with Gasteiger partial charge in [0.1, 0.15) is 0 Å². The van der Waals surface area contributed by atoms with E-state index < -0.39 is 11.6 Å². The lowest BCUT2D eigenvalue weighted by Crippen LogP contribution is -2.43. The fraction of sp³-hybridized carbons (Fsp3) is 0.867. The molecular formula is C15H29NO4. The minimum Gasteiger partial charge on any atom is -0.481 e. The number of aliphatic hydroxyl groups is 1. The van der Waals surface area contributed by atoms with Crippen LogP contribution in [0.25, 0.3) is 0 Å². The van der Waals surface area contributed by atoms with Crippen LogP contribution in [0, 0.1) is 0 Å². The van der Waals surface area contributed by atoms with E-state index in [-0.39, 0.29) is 31.3 Å². The van der Waals surface area contributed by atoms with Gasteiger partial charge in [-0.2, -0.15) is 0 Å². The topological polar surface area (TPSA) is 77.8 Å². The van der Waals surface area contributed by atoms with Crippen LogP contribution in [-0.2, 0) is 9.59 Å². The van der Waals surface area contributed by atoms with Gasteiger partial charge in [-0.3, -0.25) is 9.59 Å². The van der Waals surface area contributed by atoms with Crippen LogP contribution in [-0.4, -0.2) is 45.2 Å². The molecule has 5 nitrogen and oxygen atoms in total. The van der Waals surface area contributed by atoms with Crippen molar-refractivity contribution in [3.05, 3.63) is 0 Å². The maximum Gasteiger partial charge on any atom is 0.305 e. The zero-order chi connectivity index (χ0) is 15.8. The Balaban J connectivity index is 4.74. The van der Waals surface area contributed by atoms with Gasteiger partial charge in [-0.05, 0) is 26.7 Å². The summed E-state index contributed by atoms with van der Waals surface area (Å²) in [4.78, 5) is 24.5. The van der Waals surface area contributed by atoms with Crippen molar-refractivity contribution in [2.24, 2.45) is 0 Å². The number of hydrogen-bond donors (Lipinski definition) is 2. The van der Waals surface area contributed by atoms with Gasteiger partial charge in [-0.15, -0.1) is 0 Å². The summed E-state index contributed by atoms with van der Waals surface area (Å²) in [5.74, 6) is -1.08. The van der Waals surface area contributed by atoms with E-state index in [0.29, 0.717) is 12.8 Å². The normalized spacial score (nSPS) is 11.7. The molecule has 0 saturated carbocycles. The largest absolute Gasteiger partial charge is 0.481 e. The minimum absolute atomic E-state index is 0.0608. The van der Waals surface area contributed by atoms with Gasteiger partial charge >= 0.3 is 5.97 Å². The van der Waals surface area contributed by atoms with Crippen molar-refractivity contribution < 1.29 is 19.8 Å². The maximum absolute atomic E-state index is 12.3. The molecule has 118 valence electrons. The molecule has 5 heteroatoms. The van der Waals surface area contributed by atoms with Gasteiger partial charge in [0.2, 0.25) is 5.91 Å². The van der Waals surface area contributed by atoms with Crippen LogP contribution in [0.5, 0.6) is 0 Å². The summed E-state index contributed by atoms with van der Waals surface area (Å²) in [6.45, 7) is 7.88. The predicted molar refractivity (Wildman–Crippen MR) is 78.5 cm³/mol. The molecule has 0 aromatic heterocycles. The molecule has 0 aliphatic carbocycles. The van der Waals surface area contributed by atoms with Crippen LogP contribution in [0.3, 0.4) is 0 Å². The Morgan fingerprint density at radius 1 is 1.15 bits per heavy atom. The third-order valence-corrected chi connectivity index (χ3v) is 3.42. The fourth-order valence-corrected chi connectivity index (χ4v) is 2.50. The molecule has 2 N–H and O–H groups in total. The van der Waals surface area contributed by atoms with E-state index in [2.05, 4.69) is 0 Å². The number of carbonyl (C=O) groups is 2. The second-order valence-corrected chi connectivity index (χ2v) is 5.73. The van der Waals surface area contributed by atoms with E-state index in [1.54, 1.807) is 4.90 Å². The van der Waals surface area contributed by atoms with Crippen molar-refractivity contribution in [1.29, 1.82) is 0 Å². The third-order valence-electron chi connectivity index (χ3n) is 3.42. The predicted octanol–water partition coefficient (Wildman–Crippen LogP) is 2.42. The first kappa shape index (κ1) is 18.9. The molecule has 0 spiro atoms. The molecule has 0 bridgehead atoms. The smallest absolute Gasteiger partial charge is 0.305 e. The Morgan fingerprint density at radius 2 is 1.65 bits per heavy atom. The number of nitrogens with zero attached hydrogens (tertiary/aromatic N) is 1. The van der Waals surface area contributed by atoms with Crippen LogP contribution >= 0.6 is 0 Å². The van der Waals surface area contributed by atoms with E-state index in [1.165, 1.54) is 0 Å². The average Bonchev–Trinajstić information content (AvgIpc) is 2.28. The van der Waals surface area contributed by atoms with Crippen LogP contribution in [0.4, 0.5) is 0 Å². The first-order valence-electron chi connectivity index (χ1n) is 7.49. The molecule has 0 rings (SSSR count). The maximum atomic E-state index is 12.3. The number of amides is 1. The second-order valence-electron chi connectivity index (χ2n) is 5.73. The molecule has 1 amide bonds. The molecule has 20 heavy (non-hydrogen) atoms. The van der Waals surface area contributed by atoms with Crippen molar-refractivity contribution >= 4 is 11.9 Å². The lowest BCUT2D eigenvalue weighted by molar-refractivity contribution is -0.141. The zero-order valence-corrected chi connectivity index (χ0v) is 13.2. The molecule has 0 saturated heterocycles. The number of carbonyl (C=O) groups excluding carboxylic acids is 1. The molecule has 0 aromatic carbocycles. The van der Waals surface area contributed by atoms with Crippen LogP contribution in [0.15, 0.2) is 0 Å². The molecule has 0 aliphatic heterocycles. The van der Waals surface area contributed by atoms with E-state index in [9.17, 15) is 14.7 Å². The third kappa shape index (κ3) is 6.89. The standard InChI is InChI=1S/C15H29NO4/c1-5-8-15(20,9-6-2)11-13(17)16(12(3)4)10-7-14(18)19/h12,20H,5-11H2,1-4H3,(H,18,19). The molecule has 0 atom stereocenters. The first-order chi connectivity index (χ1) is 9.25. The number of aliphatic carboxylic acids is 1. The lowest BCUT2D eigenvalue weighted by Gasteiger charge is -2.32. The fourth-order valence-electron chi connectivity index (χ4n) is 2.50. The Bertz CT molecular complexity index is 309. The second kappa shape index (κ2) is 8.95. The molecule has 0 aliphatic rings. The minimum atomic E-state index is -0.961. The summed E-state index contributed by atoms with van der Waals surface area (Å²) in [5, 5.41) is 19.3. The Kier molecular flexibility index (Phi) is 8.46. The van der Waals surface area contributed by atoms with Crippen LogP contribution in [0.2, 0.25) is 0 Å². The van der Waals surface area contributed by atoms with E-state index in [0.717, 1.165) is 12.8 Å². The molecule has 0 fully saturated rings. The number of hydrogen-bond acceptors (Lipinski definition) is 3. The molecule has 0 heterocycles. The van der Waals surface area contributed by atoms with Crippen LogP contribution in [0.1, 0.15) is 66.2 Å². The van der Waals surface area contributed by atoms with Gasteiger partial charge in [0.05, 0.1) is 18.4 Å². The highest BCUT2D eigenvalue weighted by molar-refractivity contribution is 5.78. The molecular weight excluding hydrogens is 258 g/mol. The Hall–Kier alpha value is -1.10. The van der Waals surface area contributed by atoms with Gasteiger partial charge in [-0.1, -0.05) is 26.7 Å². The highest BCUT2D eigenvalue weighted by Crippen LogP contribution is 2.25. The first-order valence-corrected chi connectivity index (χ1v) is 7.49. The van der Waals surface area contributed by atoms with Crippen molar-refractivity contribution in [3.63, 3.8) is 0 Å². The lowest BCUT2D eigenvalue weighted by atomic mass is 9.88. The summed E-state index contributed by atoms with van der Waals surface area (Å²) < 4.78 is 0. The average molecular weight is 287 g/mol. The zero-order valence-electron chi connectivity index (χ0n) is 13.2. The van der Waals surface area contributed by atoms with Crippen molar-refractivity contribution in [2.45, 2.75) is 77.9 Å². The molecule has 0 radical (unpaired) electrons. The van der Waals surface area contributed by atoms with E-state index >= 15 is 0 Å². The van der Waals surface area contributed by atoms with E-state index in [4.69, 9.17) is 5.11 Å². The summed E-state index contributed by atoms with van der Waals surface area (Å²) >= 11 is 0. The molecule has 0 unspecified atom stereocenters. The summed E-state index contributed by atoms with van der Waals surface area (Å²) in [7, 11) is 0. The van der Waals surface area contributed by atoms with Gasteiger partial charge in [-0.25, -0.2) is 0 Å². The summed E-state index contributed by atoms with van der Waals surface area (Å²) in [5.41, 5.74) is -0.961. The number of rotatable bonds is 10. The SMILES string of the molecule is CCCC(O)(CCC)CC(=O)N(CCC(=O)O)C(C)C. The highest BCUT2D eigenvalue weighted by Gasteiger charge is 2.31. The highest BCUT2D eigenvalue weighted by atomic mass is 16.4. The number of carboxylic acid groups (broad SMARTS) is 1. The monoisotopic (exact) mass is 287 g/mol. The van der Waals surface area contributed by atoms with E-state index in [1.807, 2.05) is 27.7 Å². The van der Waals surface area contributed by atoms with Gasteiger partial charge in [0.25, 0.3) is 0 Å². The van der Waals surface area contributed by atoms with Crippen molar-refractivity contribution in [1.82, 2.24) is 4.90 Å². The Labute approximate surface area is 122 Å². The van der Waals surface area contributed by atoms with Gasteiger partial charge in [0.15, 0.2) is 0 Å². The van der Waals surface area contributed by atoms with Gasteiger partial charge in [0, 0.05) is 12.6 Å². The summed E-state index contributed by atoms with van der Waals surface area (Å²) in [6.07, 6.45) is 2.84.